The Bertz CT molecular complexity index is 1030. The highest BCUT2D eigenvalue weighted by molar-refractivity contribution is 7.14. The van der Waals surface area contributed by atoms with Crippen molar-refractivity contribution in [2.45, 2.75) is 52.1 Å². The number of carbonyl (C=O) groups is 1. The normalized spacial score (nSPS) is 14.4. The van der Waals surface area contributed by atoms with Crippen LogP contribution in [0.1, 0.15) is 57.1 Å². The van der Waals surface area contributed by atoms with E-state index in [9.17, 15) is 9.59 Å². The van der Waals surface area contributed by atoms with Gasteiger partial charge in [-0.05, 0) is 55.9 Å². The van der Waals surface area contributed by atoms with Gasteiger partial charge in [-0.2, -0.15) is 0 Å². The van der Waals surface area contributed by atoms with Crippen molar-refractivity contribution < 1.29 is 9.53 Å². The van der Waals surface area contributed by atoms with Crippen LogP contribution in [-0.4, -0.2) is 15.4 Å². The Hall–Kier alpha value is -2.47. The lowest BCUT2D eigenvalue weighted by Gasteiger charge is -2.07. The molecule has 5 nitrogen and oxygen atoms in total. The molecule has 0 saturated heterocycles. The standard InChI is InChI=1S/C21H22N2O3S/c1-14-8-9-19-22-16(11-20(24)23(19)12-14)13-26-21(25)18-10-15-6-4-2-3-5-7-17(15)27-18/h8-12H,2-7,13H2,1H3. The van der Waals surface area contributed by atoms with Crippen LogP contribution in [0.5, 0.6) is 0 Å². The number of hydrogen-bond donors (Lipinski definition) is 0. The van der Waals surface area contributed by atoms with Crippen LogP contribution in [0.4, 0.5) is 0 Å². The van der Waals surface area contributed by atoms with E-state index in [-0.39, 0.29) is 18.1 Å². The monoisotopic (exact) mass is 382 g/mol. The molecule has 0 aliphatic heterocycles. The highest BCUT2D eigenvalue weighted by Crippen LogP contribution is 2.29. The summed E-state index contributed by atoms with van der Waals surface area (Å²) in [4.78, 5) is 31.1. The molecule has 1 aliphatic rings. The van der Waals surface area contributed by atoms with E-state index in [2.05, 4.69) is 4.98 Å². The van der Waals surface area contributed by atoms with E-state index in [4.69, 9.17) is 4.74 Å². The first-order chi connectivity index (χ1) is 13.1. The summed E-state index contributed by atoms with van der Waals surface area (Å²) in [5, 5.41) is 0. The first kappa shape index (κ1) is 17.9. The molecule has 4 rings (SSSR count). The molecule has 0 fully saturated rings. The van der Waals surface area contributed by atoms with E-state index in [0.29, 0.717) is 16.2 Å². The molecule has 3 aromatic heterocycles. The van der Waals surface area contributed by atoms with Crippen molar-refractivity contribution >= 4 is 23.0 Å². The SMILES string of the molecule is Cc1ccc2nc(COC(=O)c3cc4c(s3)CCCCCC4)cc(=O)n2c1. The number of thiophene rings is 1. The maximum Gasteiger partial charge on any atom is 0.348 e. The maximum absolute atomic E-state index is 12.5. The number of aromatic nitrogens is 2. The Labute approximate surface area is 161 Å². The molecular weight excluding hydrogens is 360 g/mol. The molecule has 0 atom stereocenters. The molecule has 1 aliphatic carbocycles. The molecule has 27 heavy (non-hydrogen) atoms. The number of hydrogen-bond acceptors (Lipinski definition) is 5. The van der Waals surface area contributed by atoms with Gasteiger partial charge in [-0.15, -0.1) is 11.3 Å². The lowest BCUT2D eigenvalue weighted by atomic mass is 10.00. The number of carbonyl (C=O) groups excluding carboxylic acids is 1. The summed E-state index contributed by atoms with van der Waals surface area (Å²) >= 11 is 1.55. The fraction of sp³-hybridized carbons (Fsp3) is 0.381. The van der Waals surface area contributed by atoms with Gasteiger partial charge >= 0.3 is 5.97 Å². The zero-order valence-electron chi connectivity index (χ0n) is 15.4. The lowest BCUT2D eigenvalue weighted by Crippen LogP contribution is -2.16. The molecule has 140 valence electrons. The number of fused-ring (bicyclic) bond motifs is 2. The Balaban J connectivity index is 1.49. The molecular formula is C21H22N2O3S. The van der Waals surface area contributed by atoms with E-state index in [0.717, 1.165) is 18.4 Å². The molecule has 3 heterocycles. The molecule has 0 bridgehead atoms. The van der Waals surface area contributed by atoms with Crippen molar-refractivity contribution in [3.63, 3.8) is 0 Å². The molecule has 0 N–H and O–H groups in total. The van der Waals surface area contributed by atoms with Gasteiger partial charge in [-0.1, -0.05) is 18.9 Å². The molecule has 6 heteroatoms. The summed E-state index contributed by atoms with van der Waals surface area (Å²) in [5.41, 5.74) is 3.13. The fourth-order valence-electron chi connectivity index (χ4n) is 3.49. The smallest absolute Gasteiger partial charge is 0.348 e. The van der Waals surface area contributed by atoms with Crippen LogP contribution in [0.3, 0.4) is 0 Å². The second kappa shape index (κ2) is 7.64. The van der Waals surface area contributed by atoms with Crippen LogP contribution < -0.4 is 5.56 Å². The number of esters is 1. The minimum Gasteiger partial charge on any atom is -0.455 e. The highest BCUT2D eigenvalue weighted by Gasteiger charge is 2.17. The molecule has 0 spiro atoms. The summed E-state index contributed by atoms with van der Waals surface area (Å²) in [5.74, 6) is -0.336. The van der Waals surface area contributed by atoms with Gasteiger partial charge in [0.2, 0.25) is 0 Å². The van der Waals surface area contributed by atoms with Crippen LogP contribution in [-0.2, 0) is 24.2 Å². The topological polar surface area (TPSA) is 60.7 Å². The van der Waals surface area contributed by atoms with Gasteiger partial charge in [-0.25, -0.2) is 9.78 Å². The average molecular weight is 382 g/mol. The van der Waals surface area contributed by atoms with Crippen LogP contribution >= 0.6 is 11.3 Å². The van der Waals surface area contributed by atoms with Gasteiger partial charge in [0.15, 0.2) is 0 Å². The quantitative estimate of drug-likeness (QED) is 0.641. The predicted molar refractivity (Wildman–Crippen MR) is 106 cm³/mol. The van der Waals surface area contributed by atoms with Gasteiger partial charge in [0.25, 0.3) is 5.56 Å². The van der Waals surface area contributed by atoms with E-state index in [1.807, 2.05) is 19.1 Å². The number of aryl methyl sites for hydroxylation is 3. The largest absolute Gasteiger partial charge is 0.455 e. The van der Waals surface area contributed by atoms with E-state index in [1.165, 1.54) is 46.6 Å². The number of pyridine rings is 1. The molecule has 3 aromatic rings. The van der Waals surface area contributed by atoms with Crippen LogP contribution in [0.15, 0.2) is 35.3 Å². The van der Waals surface area contributed by atoms with Crippen LogP contribution in [0, 0.1) is 6.92 Å². The minimum absolute atomic E-state index is 0.00101. The summed E-state index contributed by atoms with van der Waals surface area (Å²) < 4.78 is 6.94. The van der Waals surface area contributed by atoms with Crippen molar-refractivity contribution in [1.82, 2.24) is 9.38 Å². The predicted octanol–water partition coefficient (Wildman–Crippen LogP) is 4.08. The molecule has 0 saturated carbocycles. The zero-order chi connectivity index (χ0) is 18.8. The average Bonchev–Trinajstić information content (AvgIpc) is 3.02. The minimum atomic E-state index is -0.336. The Morgan fingerprint density at radius 2 is 2.00 bits per heavy atom. The first-order valence-corrected chi connectivity index (χ1v) is 10.2. The van der Waals surface area contributed by atoms with Crippen molar-refractivity contribution in [3.05, 3.63) is 67.4 Å². The van der Waals surface area contributed by atoms with E-state index in [1.54, 1.807) is 23.6 Å². The third-order valence-corrected chi connectivity index (χ3v) is 6.13. The number of rotatable bonds is 3. The summed E-state index contributed by atoms with van der Waals surface area (Å²) in [7, 11) is 0. The second-order valence-corrected chi connectivity index (χ2v) is 8.21. The van der Waals surface area contributed by atoms with Gasteiger partial charge in [0.1, 0.15) is 17.1 Å². The zero-order valence-corrected chi connectivity index (χ0v) is 16.2. The van der Waals surface area contributed by atoms with Gasteiger partial charge in [-0.3, -0.25) is 9.20 Å². The number of ether oxygens (including phenoxy) is 1. The summed E-state index contributed by atoms with van der Waals surface area (Å²) in [6.45, 7) is 1.92. The van der Waals surface area contributed by atoms with Crippen molar-refractivity contribution in [1.29, 1.82) is 0 Å². The summed E-state index contributed by atoms with van der Waals surface area (Å²) in [6.07, 6.45) is 8.74. The van der Waals surface area contributed by atoms with Gasteiger partial charge in [0, 0.05) is 17.1 Å². The Morgan fingerprint density at radius 3 is 2.85 bits per heavy atom. The van der Waals surface area contributed by atoms with Crippen molar-refractivity contribution in [2.24, 2.45) is 0 Å². The van der Waals surface area contributed by atoms with Crippen LogP contribution in [0.2, 0.25) is 0 Å². The first-order valence-electron chi connectivity index (χ1n) is 9.38. The maximum atomic E-state index is 12.5. The van der Waals surface area contributed by atoms with Gasteiger partial charge in [0.05, 0.1) is 5.69 Å². The fourth-order valence-corrected chi connectivity index (χ4v) is 4.63. The van der Waals surface area contributed by atoms with Gasteiger partial charge < -0.3 is 4.74 Å². The Morgan fingerprint density at radius 1 is 1.19 bits per heavy atom. The molecule has 0 radical (unpaired) electrons. The number of nitrogens with zero attached hydrogens (tertiary/aromatic N) is 2. The van der Waals surface area contributed by atoms with E-state index < -0.39 is 0 Å². The van der Waals surface area contributed by atoms with E-state index >= 15 is 0 Å². The van der Waals surface area contributed by atoms with Crippen LogP contribution in [0.25, 0.3) is 5.65 Å². The second-order valence-electron chi connectivity index (χ2n) is 7.07. The third kappa shape index (κ3) is 3.95. The molecule has 0 aromatic carbocycles. The Kier molecular flexibility index (Phi) is 5.07. The molecule has 0 unspecified atom stereocenters. The third-order valence-electron chi connectivity index (χ3n) is 4.91. The van der Waals surface area contributed by atoms with Crippen molar-refractivity contribution in [3.8, 4) is 0 Å². The summed E-state index contributed by atoms with van der Waals surface area (Å²) in [6, 6.07) is 7.10. The van der Waals surface area contributed by atoms with Crippen molar-refractivity contribution in [2.75, 3.05) is 0 Å². The lowest BCUT2D eigenvalue weighted by molar-refractivity contribution is 0.0473. The highest BCUT2D eigenvalue weighted by atomic mass is 32.1. The molecule has 0 amide bonds.